The third-order valence-corrected chi connectivity index (χ3v) is 6.92. The number of likely N-dealkylation sites (tertiary alicyclic amines) is 1. The van der Waals surface area contributed by atoms with E-state index in [-0.39, 0.29) is 5.82 Å². The molecule has 2 aromatic heterocycles. The number of hydrogen-bond donors (Lipinski definition) is 0. The van der Waals surface area contributed by atoms with Crippen molar-refractivity contribution >= 4 is 11.0 Å². The van der Waals surface area contributed by atoms with Crippen molar-refractivity contribution in [1.82, 2.24) is 24.2 Å². The van der Waals surface area contributed by atoms with Crippen LogP contribution in [0.25, 0.3) is 11.0 Å². The van der Waals surface area contributed by atoms with Crippen LogP contribution in [-0.2, 0) is 20.0 Å². The fourth-order valence-electron chi connectivity index (χ4n) is 4.95. The van der Waals surface area contributed by atoms with Crippen LogP contribution in [0.15, 0.2) is 48.7 Å². The fraction of sp³-hybridized carbons (Fsp3) is 0.385. The van der Waals surface area contributed by atoms with Gasteiger partial charge in [-0.2, -0.15) is 5.10 Å². The van der Waals surface area contributed by atoms with Gasteiger partial charge in [-0.3, -0.25) is 9.58 Å². The van der Waals surface area contributed by atoms with E-state index in [1.165, 1.54) is 23.4 Å². The number of benzene rings is 2. The molecule has 0 unspecified atom stereocenters. The molecule has 0 atom stereocenters. The molecule has 7 heteroatoms. The van der Waals surface area contributed by atoms with E-state index < -0.39 is 0 Å². The highest BCUT2D eigenvalue weighted by atomic mass is 19.1. The van der Waals surface area contributed by atoms with Crippen molar-refractivity contribution in [3.63, 3.8) is 0 Å². The topological polar surface area (TPSA) is 48.1 Å². The lowest BCUT2D eigenvalue weighted by molar-refractivity contribution is 0.179. The van der Waals surface area contributed by atoms with Gasteiger partial charge in [-0.15, -0.1) is 0 Å². The lowest BCUT2D eigenvalue weighted by atomic mass is 10.0. The summed E-state index contributed by atoms with van der Waals surface area (Å²) < 4.78 is 23.8. The summed E-state index contributed by atoms with van der Waals surface area (Å²) in [5.74, 6) is 1.56. The van der Waals surface area contributed by atoms with Gasteiger partial charge in [0, 0.05) is 62.0 Å². The van der Waals surface area contributed by atoms with Crippen molar-refractivity contribution in [2.75, 3.05) is 20.2 Å². The number of piperidine rings is 1. The smallest absolute Gasteiger partial charge is 0.125 e. The van der Waals surface area contributed by atoms with Crippen LogP contribution in [0.2, 0.25) is 0 Å². The van der Waals surface area contributed by atoms with Crippen molar-refractivity contribution in [2.45, 2.75) is 38.8 Å². The Morgan fingerprint density at radius 3 is 2.61 bits per heavy atom. The van der Waals surface area contributed by atoms with E-state index >= 15 is 0 Å². The molecule has 0 radical (unpaired) electrons. The number of nitrogens with zero attached hydrogens (tertiary/aromatic N) is 5. The Morgan fingerprint density at radius 2 is 1.88 bits per heavy atom. The van der Waals surface area contributed by atoms with Crippen LogP contribution in [0.5, 0.6) is 5.75 Å². The van der Waals surface area contributed by atoms with Gasteiger partial charge >= 0.3 is 0 Å². The number of imidazole rings is 1. The molecular formula is C26H30FN5O. The molecule has 1 aliphatic rings. The van der Waals surface area contributed by atoms with E-state index in [0.29, 0.717) is 18.0 Å². The predicted octanol–water partition coefficient (Wildman–Crippen LogP) is 4.65. The number of rotatable bonds is 6. The average molecular weight is 448 g/mol. The largest absolute Gasteiger partial charge is 0.496 e. The SMILES string of the molecule is COc1ccccc1Cc1nc2cc(F)ccc2n1C1CCN(Cc2cnn(C)c2C)CC1. The first-order chi connectivity index (χ1) is 16.0. The summed E-state index contributed by atoms with van der Waals surface area (Å²) in [5, 5.41) is 4.38. The Kier molecular flexibility index (Phi) is 5.89. The monoisotopic (exact) mass is 447 g/mol. The molecule has 0 spiro atoms. The van der Waals surface area contributed by atoms with E-state index in [0.717, 1.165) is 55.1 Å². The maximum Gasteiger partial charge on any atom is 0.125 e. The number of fused-ring (bicyclic) bond motifs is 1. The van der Waals surface area contributed by atoms with Gasteiger partial charge in [0.05, 0.1) is 24.3 Å². The van der Waals surface area contributed by atoms with Gasteiger partial charge in [0.1, 0.15) is 17.4 Å². The van der Waals surface area contributed by atoms with Crippen LogP contribution in [-0.4, -0.2) is 44.4 Å². The predicted molar refractivity (Wildman–Crippen MR) is 127 cm³/mol. The van der Waals surface area contributed by atoms with Crippen LogP contribution in [0.1, 0.15) is 41.5 Å². The first-order valence-electron chi connectivity index (χ1n) is 11.5. The fourth-order valence-corrected chi connectivity index (χ4v) is 4.95. The quantitative estimate of drug-likeness (QED) is 0.432. The van der Waals surface area contributed by atoms with Gasteiger partial charge in [0.15, 0.2) is 0 Å². The summed E-state index contributed by atoms with van der Waals surface area (Å²) in [6.45, 7) is 5.06. The Bertz CT molecular complexity index is 1270. The van der Waals surface area contributed by atoms with Crippen LogP contribution in [0.3, 0.4) is 0 Å². The van der Waals surface area contributed by atoms with Crippen molar-refractivity contribution in [2.24, 2.45) is 7.05 Å². The summed E-state index contributed by atoms with van der Waals surface area (Å²) in [5.41, 5.74) is 5.31. The van der Waals surface area contributed by atoms with Gasteiger partial charge in [-0.05, 0) is 38.0 Å². The molecule has 1 fully saturated rings. The van der Waals surface area contributed by atoms with E-state index in [1.54, 1.807) is 7.11 Å². The zero-order valence-corrected chi connectivity index (χ0v) is 19.5. The van der Waals surface area contributed by atoms with Crippen molar-refractivity contribution in [3.8, 4) is 5.75 Å². The molecule has 1 aliphatic heterocycles. The molecule has 6 nitrogen and oxygen atoms in total. The van der Waals surface area contributed by atoms with Crippen LogP contribution in [0.4, 0.5) is 4.39 Å². The van der Waals surface area contributed by atoms with Gasteiger partial charge in [-0.1, -0.05) is 18.2 Å². The first-order valence-corrected chi connectivity index (χ1v) is 11.5. The molecule has 1 saturated heterocycles. The van der Waals surface area contributed by atoms with Crippen molar-refractivity contribution in [3.05, 3.63) is 77.1 Å². The maximum absolute atomic E-state index is 14.0. The zero-order valence-electron chi connectivity index (χ0n) is 19.5. The van der Waals surface area contributed by atoms with Crippen LogP contribution < -0.4 is 4.74 Å². The minimum atomic E-state index is -0.252. The normalized spacial score (nSPS) is 15.4. The summed E-state index contributed by atoms with van der Waals surface area (Å²) in [6.07, 6.45) is 4.68. The van der Waals surface area contributed by atoms with Crippen LogP contribution >= 0.6 is 0 Å². The standard InChI is InChI=1S/C26H30FN5O/c1-18-20(16-28-30(18)2)17-31-12-10-22(11-13-31)32-24-9-8-21(27)15-23(24)29-26(32)14-19-6-4-5-7-25(19)33-3/h4-9,15-16,22H,10-14,17H2,1-3H3. The van der Waals surface area contributed by atoms with Crippen LogP contribution in [0, 0.1) is 12.7 Å². The molecule has 33 heavy (non-hydrogen) atoms. The molecule has 0 N–H and O–H groups in total. The zero-order chi connectivity index (χ0) is 22.9. The molecule has 172 valence electrons. The molecule has 0 aliphatic carbocycles. The number of hydrogen-bond acceptors (Lipinski definition) is 4. The molecule has 0 saturated carbocycles. The number of ether oxygens (including phenoxy) is 1. The molecule has 0 amide bonds. The van der Waals surface area contributed by atoms with Crippen molar-refractivity contribution < 1.29 is 9.13 Å². The number of halogens is 1. The Balaban J connectivity index is 1.41. The number of para-hydroxylation sites is 1. The van der Waals surface area contributed by atoms with Gasteiger partial charge in [-0.25, -0.2) is 9.37 Å². The molecule has 0 bridgehead atoms. The second-order valence-corrected chi connectivity index (χ2v) is 8.91. The second-order valence-electron chi connectivity index (χ2n) is 8.91. The number of methoxy groups -OCH3 is 1. The van der Waals surface area contributed by atoms with E-state index in [2.05, 4.69) is 27.6 Å². The highest BCUT2D eigenvalue weighted by Gasteiger charge is 2.26. The van der Waals surface area contributed by atoms with Gasteiger partial charge in [0.25, 0.3) is 0 Å². The van der Waals surface area contributed by atoms with Crippen molar-refractivity contribution in [1.29, 1.82) is 0 Å². The molecule has 2 aromatic carbocycles. The molecule has 3 heterocycles. The Hall–Kier alpha value is -3.19. The summed E-state index contributed by atoms with van der Waals surface area (Å²) >= 11 is 0. The Labute approximate surface area is 193 Å². The van der Waals surface area contributed by atoms with Gasteiger partial charge < -0.3 is 9.30 Å². The van der Waals surface area contributed by atoms with E-state index in [9.17, 15) is 4.39 Å². The van der Waals surface area contributed by atoms with E-state index in [1.807, 2.05) is 42.2 Å². The molecule has 5 rings (SSSR count). The molecular weight excluding hydrogens is 417 g/mol. The number of aryl methyl sites for hydroxylation is 1. The minimum absolute atomic E-state index is 0.252. The third kappa shape index (κ3) is 4.25. The third-order valence-electron chi connectivity index (χ3n) is 6.92. The average Bonchev–Trinajstić information content (AvgIpc) is 3.33. The number of aromatic nitrogens is 4. The molecule has 4 aromatic rings. The Morgan fingerprint density at radius 1 is 1.09 bits per heavy atom. The second kappa shape index (κ2) is 8.98. The maximum atomic E-state index is 14.0. The van der Waals surface area contributed by atoms with E-state index in [4.69, 9.17) is 9.72 Å². The summed E-state index contributed by atoms with van der Waals surface area (Å²) in [4.78, 5) is 7.36. The lowest BCUT2D eigenvalue weighted by Crippen LogP contribution is -2.34. The first kappa shape index (κ1) is 21.6. The summed E-state index contributed by atoms with van der Waals surface area (Å²) in [6, 6.07) is 13.3. The van der Waals surface area contributed by atoms with Gasteiger partial charge in [0.2, 0.25) is 0 Å². The highest BCUT2D eigenvalue weighted by molar-refractivity contribution is 5.76. The lowest BCUT2D eigenvalue weighted by Gasteiger charge is -2.33. The minimum Gasteiger partial charge on any atom is -0.496 e. The summed E-state index contributed by atoms with van der Waals surface area (Å²) in [7, 11) is 3.68. The highest BCUT2D eigenvalue weighted by Crippen LogP contribution is 2.32.